The number of rotatable bonds is 6. The van der Waals surface area contributed by atoms with Crippen molar-refractivity contribution in [2.75, 3.05) is 25.5 Å². The van der Waals surface area contributed by atoms with Crippen LogP contribution in [0.15, 0.2) is 49.1 Å². The van der Waals surface area contributed by atoms with E-state index in [9.17, 15) is 18.0 Å². The molecule has 0 bridgehead atoms. The zero-order chi connectivity index (χ0) is 26.2. The van der Waals surface area contributed by atoms with E-state index in [0.717, 1.165) is 54.0 Å². The van der Waals surface area contributed by atoms with Crippen LogP contribution in [0.1, 0.15) is 52.8 Å². The average Bonchev–Trinajstić information content (AvgIpc) is 3.51. The van der Waals surface area contributed by atoms with Gasteiger partial charge in [0, 0.05) is 22.8 Å². The number of nitrogens with one attached hydrogen (secondary N) is 2. The minimum atomic E-state index is -4.38. The maximum atomic E-state index is 13.0. The normalized spacial score (nSPS) is 16.1. The van der Waals surface area contributed by atoms with E-state index in [4.69, 9.17) is 0 Å². The molecular weight excluding hydrogens is 503 g/mol. The summed E-state index contributed by atoms with van der Waals surface area (Å²) in [6.45, 7) is 3.88. The Morgan fingerprint density at radius 3 is 2.54 bits per heavy atom. The first-order valence-electron chi connectivity index (χ1n) is 11.9. The summed E-state index contributed by atoms with van der Waals surface area (Å²) in [5, 5.41) is 6.47. The Hall–Kier alpha value is -3.51. The number of nitrogens with zero attached hydrogens (tertiary/aromatic N) is 5. The van der Waals surface area contributed by atoms with Gasteiger partial charge in [-0.1, -0.05) is 11.3 Å². The van der Waals surface area contributed by atoms with E-state index in [-0.39, 0.29) is 11.9 Å². The lowest BCUT2D eigenvalue weighted by molar-refractivity contribution is -0.137. The molecule has 4 heterocycles. The number of carbonyl (C=O) groups excluding carboxylic acids is 1. The molecule has 0 spiro atoms. The maximum Gasteiger partial charge on any atom is 0.416 e. The molecule has 0 saturated carbocycles. The monoisotopic (exact) mass is 529 g/mol. The molecule has 0 radical (unpaired) electrons. The fourth-order valence-corrected chi connectivity index (χ4v) is 5.21. The van der Waals surface area contributed by atoms with Crippen LogP contribution in [0.5, 0.6) is 0 Å². The highest BCUT2D eigenvalue weighted by Crippen LogP contribution is 2.32. The third-order valence-corrected chi connectivity index (χ3v) is 7.63. The average molecular weight is 530 g/mol. The number of fused-ring (bicyclic) bond motifs is 1. The number of benzene rings is 1. The fourth-order valence-electron chi connectivity index (χ4n) is 4.37. The van der Waals surface area contributed by atoms with Gasteiger partial charge in [-0.25, -0.2) is 15.0 Å². The second kappa shape index (κ2) is 10.1. The lowest BCUT2D eigenvalue weighted by Crippen LogP contribution is -2.31. The zero-order valence-corrected chi connectivity index (χ0v) is 21.1. The van der Waals surface area contributed by atoms with Crippen LogP contribution in [0.4, 0.5) is 24.0 Å². The molecule has 37 heavy (non-hydrogen) atoms. The molecule has 1 aliphatic heterocycles. The van der Waals surface area contributed by atoms with Gasteiger partial charge in [0.2, 0.25) is 0 Å². The van der Waals surface area contributed by atoms with Gasteiger partial charge in [-0.3, -0.25) is 4.79 Å². The third kappa shape index (κ3) is 5.59. The summed E-state index contributed by atoms with van der Waals surface area (Å²) in [4.78, 5) is 29.2. The van der Waals surface area contributed by atoms with E-state index >= 15 is 0 Å². The molecule has 1 aliphatic rings. The molecule has 1 unspecified atom stereocenters. The number of halogens is 3. The van der Waals surface area contributed by atoms with Crippen molar-refractivity contribution >= 4 is 39.1 Å². The molecule has 4 aromatic rings. The number of hydrogen-bond donors (Lipinski definition) is 2. The smallest absolute Gasteiger partial charge is 0.343 e. The van der Waals surface area contributed by atoms with Gasteiger partial charge in [0.15, 0.2) is 5.13 Å². The lowest BCUT2D eigenvalue weighted by atomic mass is 10.1. The van der Waals surface area contributed by atoms with E-state index in [1.165, 1.54) is 23.5 Å². The fraction of sp³-hybridized carbons (Fsp3) is 0.360. The predicted molar refractivity (Wildman–Crippen MR) is 136 cm³/mol. The summed E-state index contributed by atoms with van der Waals surface area (Å²) >= 11 is 1.31. The molecule has 2 N–H and O–H groups in total. The van der Waals surface area contributed by atoms with E-state index in [1.54, 1.807) is 18.5 Å². The van der Waals surface area contributed by atoms with Crippen molar-refractivity contribution in [1.29, 1.82) is 0 Å². The Morgan fingerprint density at radius 2 is 1.84 bits per heavy atom. The summed E-state index contributed by atoms with van der Waals surface area (Å²) in [5.41, 5.74) is 1.73. The Kier molecular flexibility index (Phi) is 6.86. The molecule has 12 heteroatoms. The van der Waals surface area contributed by atoms with Gasteiger partial charge in [-0.15, -0.1) is 0 Å². The minimum absolute atomic E-state index is 0.307. The number of carbonyl (C=O) groups is 1. The van der Waals surface area contributed by atoms with Crippen LogP contribution in [-0.2, 0) is 6.18 Å². The first-order chi connectivity index (χ1) is 17.7. The van der Waals surface area contributed by atoms with Crippen LogP contribution in [0.25, 0.3) is 11.0 Å². The maximum absolute atomic E-state index is 13.0. The number of alkyl halides is 3. The summed E-state index contributed by atoms with van der Waals surface area (Å²) in [6, 6.07) is 6.52. The Bertz CT molecular complexity index is 1390. The van der Waals surface area contributed by atoms with Gasteiger partial charge < -0.3 is 20.1 Å². The highest BCUT2D eigenvalue weighted by Gasteiger charge is 2.30. The third-order valence-electron chi connectivity index (χ3n) is 6.54. The van der Waals surface area contributed by atoms with Gasteiger partial charge >= 0.3 is 6.18 Å². The van der Waals surface area contributed by atoms with Crippen molar-refractivity contribution < 1.29 is 18.0 Å². The molecule has 1 fully saturated rings. The van der Waals surface area contributed by atoms with Gasteiger partial charge in [-0.2, -0.15) is 13.2 Å². The number of likely N-dealkylation sites (tertiary alicyclic amines) is 1. The van der Waals surface area contributed by atoms with Crippen molar-refractivity contribution in [3.63, 3.8) is 0 Å². The minimum Gasteiger partial charge on any atom is -0.343 e. The van der Waals surface area contributed by atoms with Gasteiger partial charge in [0.25, 0.3) is 5.91 Å². The highest BCUT2D eigenvalue weighted by atomic mass is 32.1. The largest absolute Gasteiger partial charge is 0.416 e. The second-order valence-electron chi connectivity index (χ2n) is 9.21. The number of piperidine rings is 1. The van der Waals surface area contributed by atoms with E-state index in [2.05, 4.69) is 42.1 Å². The van der Waals surface area contributed by atoms with Crippen molar-refractivity contribution in [1.82, 2.24) is 29.7 Å². The van der Waals surface area contributed by atoms with Gasteiger partial charge in [0.05, 0.1) is 29.6 Å². The van der Waals surface area contributed by atoms with Crippen LogP contribution in [0, 0.1) is 0 Å². The molecule has 3 aromatic heterocycles. The topological polar surface area (TPSA) is 88.0 Å². The number of aromatic nitrogens is 4. The molecule has 1 atom stereocenters. The number of hydrogen-bond acceptors (Lipinski definition) is 7. The molecule has 1 saturated heterocycles. The van der Waals surface area contributed by atoms with Gasteiger partial charge in [-0.05, 0) is 70.2 Å². The van der Waals surface area contributed by atoms with Crippen LogP contribution in [0.3, 0.4) is 0 Å². The SMILES string of the molecule is CC(NC(=O)c1cc2c(cn1)ncn2C1CCN(C)CC1)c1cnc(Nc2ccc(C(F)(F)F)cc2)s1. The molecular formula is C25H26F3N7OS. The number of amides is 1. The molecule has 194 valence electrons. The predicted octanol–water partition coefficient (Wildman–Crippen LogP) is 5.41. The number of imidazole rings is 1. The lowest BCUT2D eigenvalue weighted by Gasteiger charge is -2.30. The first-order valence-corrected chi connectivity index (χ1v) is 12.7. The molecule has 8 nitrogen and oxygen atoms in total. The molecule has 5 rings (SSSR count). The van der Waals surface area contributed by atoms with E-state index < -0.39 is 11.7 Å². The van der Waals surface area contributed by atoms with Crippen molar-refractivity contribution in [3.8, 4) is 0 Å². The molecule has 0 aliphatic carbocycles. The Labute approximate surface area is 215 Å². The van der Waals surface area contributed by atoms with Crippen molar-refractivity contribution in [2.45, 2.75) is 38.0 Å². The first kappa shape index (κ1) is 25.2. The van der Waals surface area contributed by atoms with E-state index in [0.29, 0.717) is 22.6 Å². The molecule has 1 amide bonds. The Morgan fingerprint density at radius 1 is 1.11 bits per heavy atom. The quantitative estimate of drug-likeness (QED) is 0.347. The summed E-state index contributed by atoms with van der Waals surface area (Å²) in [7, 11) is 2.12. The summed E-state index contributed by atoms with van der Waals surface area (Å²) < 4.78 is 40.4. The second-order valence-corrected chi connectivity index (χ2v) is 10.3. The van der Waals surface area contributed by atoms with Gasteiger partial charge in [0.1, 0.15) is 11.2 Å². The van der Waals surface area contributed by atoms with Crippen LogP contribution >= 0.6 is 11.3 Å². The zero-order valence-electron chi connectivity index (χ0n) is 20.3. The van der Waals surface area contributed by atoms with Crippen molar-refractivity contribution in [3.05, 3.63) is 65.2 Å². The van der Waals surface area contributed by atoms with Crippen LogP contribution in [0.2, 0.25) is 0 Å². The Balaban J connectivity index is 1.25. The summed E-state index contributed by atoms with van der Waals surface area (Å²) in [6.07, 6.45) is 2.75. The van der Waals surface area contributed by atoms with Crippen molar-refractivity contribution in [2.24, 2.45) is 0 Å². The number of pyridine rings is 1. The van der Waals surface area contributed by atoms with Crippen LogP contribution < -0.4 is 10.6 Å². The van der Waals surface area contributed by atoms with Crippen LogP contribution in [-0.4, -0.2) is 50.5 Å². The highest BCUT2D eigenvalue weighted by molar-refractivity contribution is 7.15. The number of anilines is 2. The number of thiazole rings is 1. The summed E-state index contributed by atoms with van der Waals surface area (Å²) in [5.74, 6) is -0.309. The standard InChI is InChI=1S/C25H26F3N7OS/c1-15(22-13-30-24(37-22)33-17-5-3-16(4-6-17)25(26,27)28)32-23(36)19-11-21-20(12-29-19)31-14-35(21)18-7-9-34(2)10-8-18/h3-6,11-15,18H,7-10H2,1-2H3,(H,30,33)(H,32,36). The van der Waals surface area contributed by atoms with E-state index in [1.807, 2.05) is 13.3 Å². The molecule has 1 aromatic carbocycles.